The Kier molecular flexibility index (Phi) is 3.23. The molecule has 2 aromatic rings. The number of H-pyrrole nitrogens is 1. The fourth-order valence-electron chi connectivity index (χ4n) is 2.67. The van der Waals surface area contributed by atoms with Gasteiger partial charge in [-0.2, -0.15) is 15.1 Å². The first-order valence-corrected chi connectivity index (χ1v) is 7.29. The zero-order valence-corrected chi connectivity index (χ0v) is 12.4. The molecule has 0 aliphatic carbocycles. The van der Waals surface area contributed by atoms with Crippen LogP contribution in [-0.2, 0) is 0 Å². The van der Waals surface area contributed by atoms with E-state index in [0.29, 0.717) is 11.4 Å². The lowest BCUT2D eigenvalue weighted by atomic mass is 9.93. The van der Waals surface area contributed by atoms with Gasteiger partial charge in [-0.1, -0.05) is 20.8 Å². The minimum Gasteiger partial charge on any atom is -0.355 e. The quantitative estimate of drug-likeness (QED) is 0.896. The van der Waals surface area contributed by atoms with E-state index >= 15 is 0 Å². The second-order valence-corrected chi connectivity index (χ2v) is 6.27. The summed E-state index contributed by atoms with van der Waals surface area (Å²) in [5, 5.41) is 11.3. The molecule has 0 amide bonds. The Morgan fingerprint density at radius 1 is 1.40 bits per heavy atom. The summed E-state index contributed by atoms with van der Waals surface area (Å²) in [5.41, 5.74) is 1.15. The molecule has 0 bridgehead atoms. The van der Waals surface area contributed by atoms with Crippen LogP contribution in [0.2, 0.25) is 0 Å². The number of aromatic nitrogens is 4. The van der Waals surface area contributed by atoms with E-state index < -0.39 is 0 Å². The van der Waals surface area contributed by atoms with E-state index in [4.69, 9.17) is 4.98 Å². The number of hydrogen-bond acceptors (Lipinski definition) is 5. The van der Waals surface area contributed by atoms with Crippen molar-refractivity contribution in [2.24, 2.45) is 5.41 Å². The van der Waals surface area contributed by atoms with Gasteiger partial charge in [-0.3, -0.25) is 5.10 Å². The second kappa shape index (κ2) is 4.92. The molecule has 108 valence electrons. The molecule has 1 aliphatic heterocycles. The molecule has 2 aromatic heterocycles. The summed E-state index contributed by atoms with van der Waals surface area (Å²) in [4.78, 5) is 11.5. The SMILES string of the molecule is CCCNc1nc(N2CCC(C)(C)C2)c2cn[nH]c2n1. The van der Waals surface area contributed by atoms with Gasteiger partial charge < -0.3 is 10.2 Å². The highest BCUT2D eigenvalue weighted by Crippen LogP contribution is 2.34. The van der Waals surface area contributed by atoms with Gasteiger partial charge in [-0.05, 0) is 18.3 Å². The van der Waals surface area contributed by atoms with E-state index in [1.165, 1.54) is 6.42 Å². The Bertz CT molecular complexity index is 603. The lowest BCUT2D eigenvalue weighted by molar-refractivity contribution is 0.418. The molecule has 3 heterocycles. The molecule has 1 fully saturated rings. The van der Waals surface area contributed by atoms with Crippen LogP contribution in [0.5, 0.6) is 0 Å². The zero-order valence-electron chi connectivity index (χ0n) is 12.4. The molecule has 0 unspecified atom stereocenters. The van der Waals surface area contributed by atoms with Crippen LogP contribution in [0.4, 0.5) is 11.8 Å². The summed E-state index contributed by atoms with van der Waals surface area (Å²) in [5.74, 6) is 1.68. The van der Waals surface area contributed by atoms with Crippen molar-refractivity contribution in [3.05, 3.63) is 6.20 Å². The van der Waals surface area contributed by atoms with Crippen molar-refractivity contribution in [3.8, 4) is 0 Å². The lowest BCUT2D eigenvalue weighted by Crippen LogP contribution is -2.24. The molecule has 1 saturated heterocycles. The highest BCUT2D eigenvalue weighted by atomic mass is 15.3. The number of fused-ring (bicyclic) bond motifs is 1. The molecule has 0 saturated carbocycles. The average Bonchev–Trinajstić information content (AvgIpc) is 3.01. The summed E-state index contributed by atoms with van der Waals surface area (Å²) in [6, 6.07) is 0. The van der Waals surface area contributed by atoms with Crippen LogP contribution in [0.15, 0.2) is 6.20 Å². The number of nitrogens with one attached hydrogen (secondary N) is 2. The van der Waals surface area contributed by atoms with Crippen LogP contribution in [0, 0.1) is 5.41 Å². The van der Waals surface area contributed by atoms with Crippen molar-refractivity contribution in [1.82, 2.24) is 20.2 Å². The van der Waals surface area contributed by atoms with Gasteiger partial charge >= 0.3 is 0 Å². The van der Waals surface area contributed by atoms with Crippen molar-refractivity contribution in [3.63, 3.8) is 0 Å². The Balaban J connectivity index is 1.97. The third-order valence-corrected chi connectivity index (χ3v) is 3.80. The molecule has 1 aliphatic rings. The Hall–Kier alpha value is -1.85. The minimum absolute atomic E-state index is 0.345. The molecule has 0 spiro atoms. The number of nitrogens with zero attached hydrogens (tertiary/aromatic N) is 4. The van der Waals surface area contributed by atoms with Crippen LogP contribution in [0.1, 0.15) is 33.6 Å². The van der Waals surface area contributed by atoms with Crippen LogP contribution < -0.4 is 10.2 Å². The molecule has 2 N–H and O–H groups in total. The Morgan fingerprint density at radius 2 is 2.25 bits per heavy atom. The van der Waals surface area contributed by atoms with Crippen LogP contribution in [0.3, 0.4) is 0 Å². The van der Waals surface area contributed by atoms with E-state index in [1.807, 2.05) is 6.20 Å². The fourth-order valence-corrected chi connectivity index (χ4v) is 2.67. The van der Waals surface area contributed by atoms with Crippen molar-refractivity contribution in [2.75, 3.05) is 29.9 Å². The first-order chi connectivity index (χ1) is 9.59. The summed E-state index contributed by atoms with van der Waals surface area (Å²) >= 11 is 0. The first kappa shape index (κ1) is 13.1. The summed E-state index contributed by atoms with van der Waals surface area (Å²) in [6.07, 6.45) is 4.06. The predicted molar refractivity (Wildman–Crippen MR) is 81.1 cm³/mol. The Morgan fingerprint density at radius 3 is 2.95 bits per heavy atom. The van der Waals surface area contributed by atoms with Crippen molar-refractivity contribution < 1.29 is 0 Å². The zero-order chi connectivity index (χ0) is 14.2. The van der Waals surface area contributed by atoms with Gasteiger partial charge in [-0.25, -0.2) is 0 Å². The van der Waals surface area contributed by atoms with Gasteiger partial charge in [0.05, 0.1) is 11.6 Å². The summed E-state index contributed by atoms with van der Waals surface area (Å²) in [6.45, 7) is 9.68. The molecule has 0 atom stereocenters. The van der Waals surface area contributed by atoms with Gasteiger partial charge in [0.1, 0.15) is 5.82 Å². The van der Waals surface area contributed by atoms with Crippen molar-refractivity contribution in [1.29, 1.82) is 0 Å². The lowest BCUT2D eigenvalue weighted by Gasteiger charge is -2.21. The van der Waals surface area contributed by atoms with E-state index in [-0.39, 0.29) is 0 Å². The molecule has 3 rings (SSSR count). The molecule has 6 heteroatoms. The third-order valence-electron chi connectivity index (χ3n) is 3.80. The highest BCUT2D eigenvalue weighted by molar-refractivity contribution is 5.87. The molecular formula is C14H22N6. The maximum absolute atomic E-state index is 4.70. The van der Waals surface area contributed by atoms with Crippen LogP contribution in [-0.4, -0.2) is 39.8 Å². The topological polar surface area (TPSA) is 69.7 Å². The maximum Gasteiger partial charge on any atom is 0.226 e. The normalized spacial score (nSPS) is 17.9. The monoisotopic (exact) mass is 274 g/mol. The molecule has 6 nitrogen and oxygen atoms in total. The number of rotatable bonds is 4. The van der Waals surface area contributed by atoms with E-state index in [9.17, 15) is 0 Å². The summed E-state index contributed by atoms with van der Waals surface area (Å²) in [7, 11) is 0. The van der Waals surface area contributed by atoms with Gasteiger partial charge in [0.15, 0.2) is 5.65 Å². The molecule has 0 radical (unpaired) electrons. The van der Waals surface area contributed by atoms with E-state index in [1.54, 1.807) is 0 Å². The predicted octanol–water partition coefficient (Wildman–Crippen LogP) is 2.41. The number of hydrogen-bond donors (Lipinski definition) is 2. The number of aromatic amines is 1. The number of anilines is 2. The summed E-state index contributed by atoms with van der Waals surface area (Å²) < 4.78 is 0. The van der Waals surface area contributed by atoms with E-state index in [0.717, 1.165) is 42.9 Å². The van der Waals surface area contributed by atoms with Gasteiger partial charge in [-0.15, -0.1) is 0 Å². The first-order valence-electron chi connectivity index (χ1n) is 7.29. The molecular weight excluding hydrogens is 252 g/mol. The van der Waals surface area contributed by atoms with Crippen molar-refractivity contribution >= 4 is 22.8 Å². The van der Waals surface area contributed by atoms with Gasteiger partial charge in [0, 0.05) is 19.6 Å². The van der Waals surface area contributed by atoms with Gasteiger partial charge in [0.2, 0.25) is 5.95 Å². The molecule has 20 heavy (non-hydrogen) atoms. The van der Waals surface area contributed by atoms with Crippen LogP contribution >= 0.6 is 0 Å². The van der Waals surface area contributed by atoms with Gasteiger partial charge in [0.25, 0.3) is 0 Å². The largest absolute Gasteiger partial charge is 0.355 e. The smallest absolute Gasteiger partial charge is 0.226 e. The van der Waals surface area contributed by atoms with Crippen molar-refractivity contribution in [2.45, 2.75) is 33.6 Å². The standard InChI is InChI=1S/C14H22N6/c1-4-6-15-13-17-11-10(8-16-19-11)12(18-13)20-7-5-14(2,3)9-20/h8H,4-7,9H2,1-3H3,(H2,15,16,17,18,19). The van der Waals surface area contributed by atoms with Crippen LogP contribution in [0.25, 0.3) is 11.0 Å². The third kappa shape index (κ3) is 2.42. The van der Waals surface area contributed by atoms with E-state index in [2.05, 4.69) is 46.2 Å². The second-order valence-electron chi connectivity index (χ2n) is 6.27. The fraction of sp³-hybridized carbons (Fsp3) is 0.643. The minimum atomic E-state index is 0.345. The maximum atomic E-state index is 4.70. The highest BCUT2D eigenvalue weighted by Gasteiger charge is 2.31. The Labute approximate surface area is 119 Å². The average molecular weight is 274 g/mol. The molecule has 0 aromatic carbocycles.